The van der Waals surface area contributed by atoms with Crippen molar-refractivity contribution in [2.75, 3.05) is 0 Å². The smallest absolute Gasteiger partial charge is 0.0174 e. The molecule has 124 valence electrons. The molecule has 0 aliphatic carbocycles. The Morgan fingerprint density at radius 3 is 0.650 bits per heavy atom. The van der Waals surface area contributed by atoms with Crippen LogP contribution in [0.25, 0.3) is 0 Å². The minimum absolute atomic E-state index is 0. The molecule has 0 saturated carbocycles. The number of thiol groups is 4. The van der Waals surface area contributed by atoms with Gasteiger partial charge in [-0.3, -0.25) is 0 Å². The first-order chi connectivity index (χ1) is 7.61. The standard InChI is InChI=1S/2C6H6S2.4Ni/c2*7-5-3-1-2-4-6(5)8;;;;/h2*1-4,7-8H;;;;. The molecule has 0 atom stereocenters. The van der Waals surface area contributed by atoms with E-state index in [-0.39, 0.29) is 66.0 Å². The minimum Gasteiger partial charge on any atom is -0.142 e. The third-order valence-corrected chi connectivity index (χ3v) is 3.68. The molecule has 0 bridgehead atoms. The Morgan fingerprint density at radius 1 is 0.400 bits per heavy atom. The van der Waals surface area contributed by atoms with Gasteiger partial charge in [0.1, 0.15) is 0 Å². The quantitative estimate of drug-likeness (QED) is 0.286. The van der Waals surface area contributed by atoms with E-state index in [9.17, 15) is 0 Å². The van der Waals surface area contributed by atoms with Crippen molar-refractivity contribution < 1.29 is 66.0 Å². The van der Waals surface area contributed by atoms with Crippen molar-refractivity contribution in [1.29, 1.82) is 0 Å². The summed E-state index contributed by atoms with van der Waals surface area (Å²) in [5.74, 6) is 0. The molecule has 0 aliphatic heterocycles. The van der Waals surface area contributed by atoms with E-state index in [4.69, 9.17) is 0 Å². The summed E-state index contributed by atoms with van der Waals surface area (Å²) in [4.78, 5) is 3.71. The Kier molecular flexibility index (Phi) is 25.6. The zero-order valence-electron chi connectivity index (χ0n) is 9.67. The maximum atomic E-state index is 4.12. The summed E-state index contributed by atoms with van der Waals surface area (Å²) >= 11 is 16.5. The van der Waals surface area contributed by atoms with Crippen molar-refractivity contribution in [2.24, 2.45) is 0 Å². The molecule has 20 heavy (non-hydrogen) atoms. The Labute approximate surface area is 182 Å². The molecule has 2 aromatic carbocycles. The maximum Gasteiger partial charge on any atom is 0.0174 e. The van der Waals surface area contributed by atoms with Crippen molar-refractivity contribution in [3.8, 4) is 0 Å². The second-order valence-electron chi connectivity index (χ2n) is 2.98. The number of benzene rings is 2. The summed E-state index contributed by atoms with van der Waals surface area (Å²) in [6, 6.07) is 15.4. The average molecular weight is 519 g/mol. The van der Waals surface area contributed by atoms with Crippen LogP contribution in [-0.4, -0.2) is 0 Å². The van der Waals surface area contributed by atoms with Crippen LogP contribution in [0, 0.1) is 0 Å². The van der Waals surface area contributed by atoms with Gasteiger partial charge in [0.15, 0.2) is 0 Å². The molecular weight excluding hydrogens is 507 g/mol. The van der Waals surface area contributed by atoms with Gasteiger partial charge >= 0.3 is 0 Å². The van der Waals surface area contributed by atoms with Gasteiger partial charge in [0, 0.05) is 85.5 Å². The SMILES string of the molecule is Sc1ccccc1S.Sc1ccccc1S.[Ni].[Ni].[Ni].[Ni]. The van der Waals surface area contributed by atoms with Crippen LogP contribution in [0.4, 0.5) is 0 Å². The molecule has 0 amide bonds. The van der Waals surface area contributed by atoms with Crippen LogP contribution in [0.2, 0.25) is 0 Å². The van der Waals surface area contributed by atoms with E-state index < -0.39 is 0 Å². The zero-order chi connectivity index (χ0) is 12.0. The second-order valence-corrected chi connectivity index (χ2v) is 4.90. The molecule has 0 aliphatic rings. The van der Waals surface area contributed by atoms with Crippen LogP contribution in [0.15, 0.2) is 68.1 Å². The predicted molar refractivity (Wildman–Crippen MR) is 81.9 cm³/mol. The van der Waals surface area contributed by atoms with Crippen molar-refractivity contribution >= 4 is 50.5 Å². The second kappa shape index (κ2) is 17.2. The van der Waals surface area contributed by atoms with Gasteiger partial charge in [0.2, 0.25) is 0 Å². The largest absolute Gasteiger partial charge is 0.142 e. The third-order valence-electron chi connectivity index (χ3n) is 1.76. The van der Waals surface area contributed by atoms with Gasteiger partial charge in [-0.1, -0.05) is 24.3 Å². The fourth-order valence-electron chi connectivity index (χ4n) is 0.928. The van der Waals surface area contributed by atoms with Gasteiger partial charge in [-0.2, -0.15) is 0 Å². The summed E-state index contributed by atoms with van der Waals surface area (Å²) in [5, 5.41) is 0. The first-order valence-corrected chi connectivity index (χ1v) is 6.34. The van der Waals surface area contributed by atoms with Crippen molar-refractivity contribution in [1.82, 2.24) is 0 Å². The van der Waals surface area contributed by atoms with Crippen LogP contribution in [0.1, 0.15) is 0 Å². The van der Waals surface area contributed by atoms with Gasteiger partial charge in [0.05, 0.1) is 0 Å². The van der Waals surface area contributed by atoms with Crippen LogP contribution in [0.3, 0.4) is 0 Å². The Balaban J connectivity index is -0.000000107. The maximum absolute atomic E-state index is 4.12. The van der Waals surface area contributed by atoms with Crippen LogP contribution < -0.4 is 0 Å². The summed E-state index contributed by atoms with van der Waals surface area (Å²) in [5.41, 5.74) is 0. The van der Waals surface area contributed by atoms with E-state index >= 15 is 0 Å². The van der Waals surface area contributed by atoms with E-state index in [2.05, 4.69) is 50.5 Å². The van der Waals surface area contributed by atoms with E-state index in [1.807, 2.05) is 48.5 Å². The van der Waals surface area contributed by atoms with E-state index in [1.165, 1.54) is 0 Å². The van der Waals surface area contributed by atoms with Crippen LogP contribution >= 0.6 is 50.5 Å². The van der Waals surface area contributed by atoms with Gasteiger partial charge in [-0.05, 0) is 24.3 Å². The molecule has 2 aromatic rings. The van der Waals surface area contributed by atoms with Gasteiger partial charge in [-0.25, -0.2) is 0 Å². The number of hydrogen-bond donors (Lipinski definition) is 4. The molecule has 0 nitrogen and oxygen atoms in total. The molecule has 0 radical (unpaired) electrons. The Hall–Kier alpha value is 1.81. The number of hydrogen-bond acceptors (Lipinski definition) is 4. The first kappa shape index (κ1) is 29.8. The molecular formula is C12H12Ni4S4. The van der Waals surface area contributed by atoms with E-state index in [0.717, 1.165) is 19.6 Å². The minimum atomic E-state index is 0. The fraction of sp³-hybridized carbons (Fsp3) is 0. The number of rotatable bonds is 0. The summed E-state index contributed by atoms with van der Waals surface area (Å²) in [7, 11) is 0. The first-order valence-electron chi connectivity index (χ1n) is 4.55. The normalized spacial score (nSPS) is 7.40. The van der Waals surface area contributed by atoms with E-state index in [0.29, 0.717) is 0 Å². The molecule has 0 unspecified atom stereocenters. The van der Waals surface area contributed by atoms with Crippen molar-refractivity contribution in [2.45, 2.75) is 19.6 Å². The zero-order valence-corrected chi connectivity index (χ0v) is 17.2. The third kappa shape index (κ3) is 12.4. The molecule has 0 aromatic heterocycles. The average Bonchev–Trinajstić information content (AvgIpc) is 2.28. The van der Waals surface area contributed by atoms with Gasteiger partial charge in [0.25, 0.3) is 0 Å². The van der Waals surface area contributed by atoms with Crippen molar-refractivity contribution in [3.63, 3.8) is 0 Å². The molecule has 8 heteroatoms. The summed E-state index contributed by atoms with van der Waals surface area (Å²) < 4.78 is 0. The Bertz CT molecular complexity index is 383. The predicted octanol–water partition coefficient (Wildman–Crippen LogP) is 4.52. The fourth-order valence-corrected chi connectivity index (χ4v) is 1.57. The molecule has 0 fully saturated rings. The van der Waals surface area contributed by atoms with E-state index in [1.54, 1.807) is 0 Å². The van der Waals surface area contributed by atoms with Crippen LogP contribution in [0.5, 0.6) is 0 Å². The van der Waals surface area contributed by atoms with Crippen LogP contribution in [-0.2, 0) is 66.0 Å². The molecule has 2 rings (SSSR count). The van der Waals surface area contributed by atoms with Crippen molar-refractivity contribution in [3.05, 3.63) is 48.5 Å². The molecule has 0 N–H and O–H groups in total. The molecule has 0 spiro atoms. The Morgan fingerprint density at radius 2 is 0.550 bits per heavy atom. The molecule has 0 saturated heterocycles. The summed E-state index contributed by atoms with van der Waals surface area (Å²) in [6.45, 7) is 0. The summed E-state index contributed by atoms with van der Waals surface area (Å²) in [6.07, 6.45) is 0. The van der Waals surface area contributed by atoms with Gasteiger partial charge < -0.3 is 0 Å². The van der Waals surface area contributed by atoms with Gasteiger partial charge in [-0.15, -0.1) is 50.5 Å². The topological polar surface area (TPSA) is 0 Å². The monoisotopic (exact) mass is 516 g/mol. The molecule has 0 heterocycles.